The van der Waals surface area contributed by atoms with Gasteiger partial charge in [-0.15, -0.1) is 0 Å². The summed E-state index contributed by atoms with van der Waals surface area (Å²) in [5.41, 5.74) is 0. The van der Waals surface area contributed by atoms with E-state index in [-0.39, 0.29) is 0 Å². The first-order valence-corrected chi connectivity index (χ1v) is 8.89. The molecule has 3 saturated carbocycles. The Balaban J connectivity index is 1.76. The summed E-state index contributed by atoms with van der Waals surface area (Å²) in [6.07, 6.45) is 15.0. The highest BCUT2D eigenvalue weighted by Crippen LogP contribution is 2.44. The van der Waals surface area contributed by atoms with Crippen LogP contribution < -0.4 is 0 Å². The van der Waals surface area contributed by atoms with Crippen molar-refractivity contribution in [3.63, 3.8) is 0 Å². The molecule has 3 fully saturated rings. The first kappa shape index (κ1) is 14.8. The molecule has 3 aliphatic carbocycles. The van der Waals surface area contributed by atoms with Crippen molar-refractivity contribution in [3.8, 4) is 0 Å². The molecule has 0 amide bonds. The quantitative estimate of drug-likeness (QED) is 0.745. The fourth-order valence-corrected chi connectivity index (χ4v) is 5.57. The standard InChI is InChI=1S/C18H32O2/c1-19-17-13-5-3-6-14(17)10-12-16-8-4-7-15(11-9-13)18(16)20-2/h13-18H,3-12H2,1-2H3. The van der Waals surface area contributed by atoms with Crippen LogP contribution in [-0.4, -0.2) is 26.4 Å². The van der Waals surface area contributed by atoms with Gasteiger partial charge in [0.25, 0.3) is 0 Å². The minimum absolute atomic E-state index is 0.545. The number of fused-ring (bicyclic) bond motifs is 4. The molecule has 0 radical (unpaired) electrons. The summed E-state index contributed by atoms with van der Waals surface area (Å²) in [7, 11) is 3.89. The Hall–Kier alpha value is -0.0800. The third-order valence-corrected chi connectivity index (χ3v) is 6.52. The third kappa shape index (κ3) is 2.92. The van der Waals surface area contributed by atoms with E-state index in [1.165, 1.54) is 64.2 Å². The van der Waals surface area contributed by atoms with Crippen LogP contribution in [0.5, 0.6) is 0 Å². The normalized spacial score (nSPS) is 45.9. The maximum Gasteiger partial charge on any atom is 0.0627 e. The average molecular weight is 280 g/mol. The van der Waals surface area contributed by atoms with Gasteiger partial charge >= 0.3 is 0 Å². The lowest BCUT2D eigenvalue weighted by molar-refractivity contribution is -0.0636. The Labute approximate surface area is 124 Å². The van der Waals surface area contributed by atoms with Gasteiger partial charge in [-0.1, -0.05) is 12.8 Å². The summed E-state index contributed by atoms with van der Waals surface area (Å²) >= 11 is 0. The number of hydrogen-bond acceptors (Lipinski definition) is 2. The molecule has 0 aromatic heterocycles. The molecule has 0 N–H and O–H groups in total. The molecule has 0 saturated heterocycles. The first-order valence-electron chi connectivity index (χ1n) is 8.89. The van der Waals surface area contributed by atoms with Gasteiger partial charge in [-0.05, 0) is 75.0 Å². The Morgan fingerprint density at radius 1 is 0.500 bits per heavy atom. The molecule has 20 heavy (non-hydrogen) atoms. The van der Waals surface area contributed by atoms with Crippen LogP contribution in [0.2, 0.25) is 0 Å². The Morgan fingerprint density at radius 3 is 1.05 bits per heavy atom. The lowest BCUT2D eigenvalue weighted by atomic mass is 9.67. The molecular formula is C18H32O2. The molecule has 4 atom stereocenters. The van der Waals surface area contributed by atoms with Crippen molar-refractivity contribution >= 4 is 0 Å². The highest BCUT2D eigenvalue weighted by molar-refractivity contribution is 4.90. The molecule has 4 bridgehead atoms. The topological polar surface area (TPSA) is 18.5 Å². The van der Waals surface area contributed by atoms with E-state index in [1.807, 2.05) is 14.2 Å². The van der Waals surface area contributed by atoms with E-state index in [9.17, 15) is 0 Å². The zero-order valence-electron chi connectivity index (χ0n) is 13.4. The van der Waals surface area contributed by atoms with Crippen molar-refractivity contribution in [1.82, 2.24) is 0 Å². The maximum absolute atomic E-state index is 5.93. The summed E-state index contributed by atoms with van der Waals surface area (Å²) in [5.74, 6) is 3.26. The highest BCUT2D eigenvalue weighted by Gasteiger charge is 2.39. The summed E-state index contributed by atoms with van der Waals surface area (Å²) in [4.78, 5) is 0. The van der Waals surface area contributed by atoms with E-state index < -0.39 is 0 Å². The summed E-state index contributed by atoms with van der Waals surface area (Å²) in [6, 6.07) is 0. The zero-order valence-corrected chi connectivity index (χ0v) is 13.4. The van der Waals surface area contributed by atoms with Gasteiger partial charge in [-0.2, -0.15) is 0 Å². The second-order valence-electron chi connectivity index (χ2n) is 7.46. The van der Waals surface area contributed by atoms with Gasteiger partial charge < -0.3 is 9.47 Å². The predicted octanol–water partition coefficient (Wildman–Crippen LogP) is 4.42. The van der Waals surface area contributed by atoms with E-state index in [0.29, 0.717) is 12.2 Å². The van der Waals surface area contributed by atoms with Gasteiger partial charge in [0.05, 0.1) is 12.2 Å². The molecule has 3 aliphatic rings. The molecule has 0 aromatic rings. The van der Waals surface area contributed by atoms with Crippen LogP contribution in [0, 0.1) is 23.7 Å². The Morgan fingerprint density at radius 2 is 0.800 bits per heavy atom. The number of methoxy groups -OCH3 is 2. The van der Waals surface area contributed by atoms with Crippen molar-refractivity contribution in [2.75, 3.05) is 14.2 Å². The van der Waals surface area contributed by atoms with Gasteiger partial charge in [0.1, 0.15) is 0 Å². The minimum Gasteiger partial charge on any atom is -0.381 e. The first-order chi connectivity index (χ1) is 9.83. The molecule has 4 unspecified atom stereocenters. The molecule has 3 rings (SSSR count). The third-order valence-electron chi connectivity index (χ3n) is 6.52. The van der Waals surface area contributed by atoms with Crippen LogP contribution in [0.4, 0.5) is 0 Å². The van der Waals surface area contributed by atoms with Gasteiger partial charge in [-0.25, -0.2) is 0 Å². The maximum atomic E-state index is 5.93. The van der Waals surface area contributed by atoms with Gasteiger partial charge in [0, 0.05) is 14.2 Å². The molecule has 116 valence electrons. The fourth-order valence-electron chi connectivity index (χ4n) is 5.57. The van der Waals surface area contributed by atoms with Crippen LogP contribution in [0.1, 0.15) is 64.2 Å². The van der Waals surface area contributed by atoms with E-state index in [2.05, 4.69) is 0 Å². The number of hydrogen-bond donors (Lipinski definition) is 0. The van der Waals surface area contributed by atoms with Crippen molar-refractivity contribution in [3.05, 3.63) is 0 Å². The van der Waals surface area contributed by atoms with Gasteiger partial charge in [-0.3, -0.25) is 0 Å². The second kappa shape index (κ2) is 6.79. The molecular weight excluding hydrogens is 248 g/mol. The zero-order chi connectivity index (χ0) is 13.9. The second-order valence-corrected chi connectivity index (χ2v) is 7.46. The Bertz CT molecular complexity index is 250. The largest absolute Gasteiger partial charge is 0.381 e. The number of ether oxygens (including phenoxy) is 2. The SMILES string of the molecule is COC1C2CCCC1CCC1CCCC(CC2)C1OC. The van der Waals surface area contributed by atoms with Crippen LogP contribution in [-0.2, 0) is 9.47 Å². The van der Waals surface area contributed by atoms with Crippen molar-refractivity contribution in [2.24, 2.45) is 23.7 Å². The summed E-state index contributed by atoms with van der Waals surface area (Å²) < 4.78 is 11.9. The van der Waals surface area contributed by atoms with Crippen molar-refractivity contribution < 1.29 is 9.47 Å². The van der Waals surface area contributed by atoms with Crippen LogP contribution >= 0.6 is 0 Å². The van der Waals surface area contributed by atoms with E-state index in [1.54, 1.807) is 0 Å². The molecule has 2 nitrogen and oxygen atoms in total. The molecule has 0 aliphatic heterocycles. The average Bonchev–Trinajstić information content (AvgIpc) is 2.49. The van der Waals surface area contributed by atoms with Crippen LogP contribution in [0.25, 0.3) is 0 Å². The molecule has 0 aromatic carbocycles. The number of rotatable bonds is 2. The van der Waals surface area contributed by atoms with Gasteiger partial charge in [0.15, 0.2) is 0 Å². The molecule has 0 heterocycles. The lowest BCUT2D eigenvalue weighted by Crippen LogP contribution is -2.41. The summed E-state index contributed by atoms with van der Waals surface area (Å²) in [5, 5.41) is 0. The lowest BCUT2D eigenvalue weighted by Gasteiger charge is -2.44. The van der Waals surface area contributed by atoms with E-state index >= 15 is 0 Å². The smallest absolute Gasteiger partial charge is 0.0627 e. The van der Waals surface area contributed by atoms with Gasteiger partial charge in [0.2, 0.25) is 0 Å². The molecule has 2 heteroatoms. The molecule has 0 spiro atoms. The van der Waals surface area contributed by atoms with Crippen molar-refractivity contribution in [2.45, 2.75) is 76.4 Å². The summed E-state index contributed by atoms with van der Waals surface area (Å²) in [6.45, 7) is 0. The van der Waals surface area contributed by atoms with Crippen LogP contribution in [0.3, 0.4) is 0 Å². The minimum atomic E-state index is 0.545. The highest BCUT2D eigenvalue weighted by atomic mass is 16.5. The van der Waals surface area contributed by atoms with Crippen molar-refractivity contribution in [1.29, 1.82) is 0 Å². The monoisotopic (exact) mass is 280 g/mol. The predicted molar refractivity (Wildman–Crippen MR) is 81.7 cm³/mol. The Kier molecular flexibility index (Phi) is 5.04. The van der Waals surface area contributed by atoms with Crippen LogP contribution in [0.15, 0.2) is 0 Å². The fraction of sp³-hybridized carbons (Fsp3) is 1.00. The van der Waals surface area contributed by atoms with E-state index in [0.717, 1.165) is 23.7 Å². The van der Waals surface area contributed by atoms with E-state index in [4.69, 9.17) is 9.47 Å².